The first kappa shape index (κ1) is 20.0. The molecule has 1 aromatic carbocycles. The van der Waals surface area contributed by atoms with Crippen LogP contribution < -0.4 is 5.73 Å². The van der Waals surface area contributed by atoms with E-state index in [-0.39, 0.29) is 5.95 Å². The van der Waals surface area contributed by atoms with Gasteiger partial charge >= 0.3 is 0 Å². The Hall–Kier alpha value is -3.94. The summed E-state index contributed by atoms with van der Waals surface area (Å²) >= 11 is 0. The topological polar surface area (TPSA) is 149 Å². The van der Waals surface area contributed by atoms with Crippen molar-refractivity contribution in [2.75, 3.05) is 18.9 Å². The van der Waals surface area contributed by atoms with Gasteiger partial charge < -0.3 is 15.6 Å². The molecule has 10 nitrogen and oxygen atoms in total. The summed E-state index contributed by atoms with van der Waals surface area (Å²) in [5.74, 6) is 0.0802. The Morgan fingerprint density at radius 1 is 1.12 bits per heavy atom. The van der Waals surface area contributed by atoms with Crippen LogP contribution in [0, 0.1) is 11.3 Å². The molecule has 1 aliphatic heterocycles. The van der Waals surface area contributed by atoms with Crippen molar-refractivity contribution < 1.29 is 9.84 Å². The molecule has 4 heterocycles. The second kappa shape index (κ2) is 7.96. The predicted molar refractivity (Wildman–Crippen MR) is 115 cm³/mol. The summed E-state index contributed by atoms with van der Waals surface area (Å²) in [7, 11) is 0. The maximum absolute atomic E-state index is 11.0. The molecule has 3 N–H and O–H groups in total. The highest BCUT2D eigenvalue weighted by atomic mass is 16.5. The number of nitrogens with two attached hydrogens (primary N) is 1. The van der Waals surface area contributed by atoms with Crippen LogP contribution in [0.2, 0.25) is 0 Å². The van der Waals surface area contributed by atoms with Gasteiger partial charge in [-0.15, -0.1) is 5.10 Å². The van der Waals surface area contributed by atoms with Crippen molar-refractivity contribution in [2.45, 2.75) is 25.0 Å². The molecule has 0 radical (unpaired) electrons. The van der Waals surface area contributed by atoms with Crippen molar-refractivity contribution in [3.8, 4) is 17.3 Å². The van der Waals surface area contributed by atoms with E-state index in [1.165, 1.54) is 0 Å². The highest BCUT2D eigenvalue weighted by Crippen LogP contribution is 2.31. The molecule has 160 valence electrons. The minimum absolute atomic E-state index is 0.0802. The number of fused-ring (bicyclic) bond motifs is 1. The van der Waals surface area contributed by atoms with Gasteiger partial charge in [0.2, 0.25) is 5.95 Å². The zero-order valence-electron chi connectivity index (χ0n) is 17.1. The summed E-state index contributed by atoms with van der Waals surface area (Å²) in [4.78, 5) is 13.3. The van der Waals surface area contributed by atoms with E-state index in [9.17, 15) is 10.4 Å². The van der Waals surface area contributed by atoms with Gasteiger partial charge in [-0.2, -0.15) is 10.2 Å². The lowest BCUT2D eigenvalue weighted by Crippen LogP contribution is -2.34. The van der Waals surface area contributed by atoms with Gasteiger partial charge in [0.05, 0.1) is 29.6 Å². The number of rotatable bonds is 4. The largest absolute Gasteiger partial charge is 0.383 e. The molecule has 0 atom stereocenters. The summed E-state index contributed by atoms with van der Waals surface area (Å²) in [6, 6.07) is 14.7. The van der Waals surface area contributed by atoms with Crippen molar-refractivity contribution in [3.05, 3.63) is 59.4 Å². The van der Waals surface area contributed by atoms with Gasteiger partial charge in [-0.05, 0) is 24.3 Å². The van der Waals surface area contributed by atoms with Crippen LogP contribution in [0.25, 0.3) is 22.4 Å². The van der Waals surface area contributed by atoms with Gasteiger partial charge in [-0.1, -0.05) is 23.4 Å². The Morgan fingerprint density at radius 3 is 2.75 bits per heavy atom. The van der Waals surface area contributed by atoms with E-state index in [1.807, 2.05) is 24.3 Å². The molecule has 0 spiro atoms. The Bertz CT molecular complexity index is 1340. The molecule has 1 saturated heterocycles. The summed E-state index contributed by atoms with van der Waals surface area (Å²) < 4.78 is 6.97. The lowest BCUT2D eigenvalue weighted by molar-refractivity contribution is -0.0706. The monoisotopic (exact) mass is 428 g/mol. The Balaban J connectivity index is 1.52. The van der Waals surface area contributed by atoms with E-state index in [1.54, 1.807) is 22.9 Å². The maximum Gasteiger partial charge on any atom is 0.222 e. The average Bonchev–Trinajstić information content (AvgIpc) is 3.21. The number of ether oxygens (including phenoxy) is 1. The van der Waals surface area contributed by atoms with Crippen LogP contribution in [0.4, 0.5) is 5.95 Å². The number of pyridine rings is 1. The number of aliphatic hydroxyl groups is 1. The molecule has 0 bridgehead atoms. The second-order valence-corrected chi connectivity index (χ2v) is 7.70. The second-order valence-electron chi connectivity index (χ2n) is 7.70. The molecule has 3 aromatic heterocycles. The van der Waals surface area contributed by atoms with Crippen LogP contribution in [-0.2, 0) is 16.9 Å². The summed E-state index contributed by atoms with van der Waals surface area (Å²) in [5, 5.41) is 28.7. The highest BCUT2D eigenvalue weighted by Gasteiger charge is 2.33. The molecule has 0 amide bonds. The van der Waals surface area contributed by atoms with Crippen molar-refractivity contribution >= 4 is 17.1 Å². The molecular formula is C22H20N8O2. The number of hydrogen-bond acceptors (Lipinski definition) is 9. The molecule has 1 aliphatic rings. The average molecular weight is 428 g/mol. The molecule has 0 unspecified atom stereocenters. The number of benzene rings is 1. The molecule has 0 aliphatic carbocycles. The van der Waals surface area contributed by atoms with E-state index in [0.717, 1.165) is 0 Å². The predicted octanol–water partition coefficient (Wildman–Crippen LogP) is 1.78. The minimum Gasteiger partial charge on any atom is -0.383 e. The van der Waals surface area contributed by atoms with E-state index >= 15 is 0 Å². The Kier molecular flexibility index (Phi) is 4.97. The van der Waals surface area contributed by atoms with E-state index in [2.05, 4.69) is 31.3 Å². The van der Waals surface area contributed by atoms with E-state index in [4.69, 9.17) is 10.5 Å². The van der Waals surface area contributed by atoms with Gasteiger partial charge in [0.25, 0.3) is 0 Å². The number of nitrogen functional groups attached to an aromatic ring is 1. The van der Waals surface area contributed by atoms with Crippen molar-refractivity contribution in [3.63, 3.8) is 0 Å². The molecule has 1 fully saturated rings. The third kappa shape index (κ3) is 3.64. The fourth-order valence-corrected chi connectivity index (χ4v) is 3.86. The SMILES string of the molecule is N#Cc1cccc(-c2nc(N)nc3c2nnn3Cc2cccc(C3(O)CCOCC3)n2)c1. The number of nitrogens with zero attached hydrogens (tertiary/aromatic N) is 7. The minimum atomic E-state index is -0.996. The standard InChI is InChI=1S/C22H20N8O2/c23-12-14-3-1-4-15(11-14)18-19-20(27-21(24)26-18)30(29-28-19)13-16-5-2-6-17(25-16)22(31)7-9-32-10-8-22/h1-6,11,31H,7-10,13H2,(H2,24,26,27). The molecule has 4 aromatic rings. The van der Waals surface area contributed by atoms with Crippen LogP contribution >= 0.6 is 0 Å². The molecule has 10 heteroatoms. The normalized spacial score (nSPS) is 15.5. The maximum atomic E-state index is 11.0. The summed E-state index contributed by atoms with van der Waals surface area (Å²) in [6.07, 6.45) is 1.01. The van der Waals surface area contributed by atoms with Gasteiger partial charge in [-0.3, -0.25) is 4.98 Å². The van der Waals surface area contributed by atoms with Crippen LogP contribution in [-0.4, -0.2) is 48.3 Å². The number of anilines is 1. The zero-order chi connectivity index (χ0) is 22.1. The lowest BCUT2D eigenvalue weighted by Gasteiger charge is -2.31. The lowest BCUT2D eigenvalue weighted by atomic mass is 9.90. The molecule has 5 rings (SSSR count). The van der Waals surface area contributed by atoms with Crippen LogP contribution in [0.1, 0.15) is 29.8 Å². The first-order valence-electron chi connectivity index (χ1n) is 10.2. The third-order valence-corrected chi connectivity index (χ3v) is 5.56. The third-order valence-electron chi connectivity index (χ3n) is 5.56. The highest BCUT2D eigenvalue weighted by molar-refractivity contribution is 5.88. The molecule has 32 heavy (non-hydrogen) atoms. The van der Waals surface area contributed by atoms with Crippen molar-refractivity contribution in [1.82, 2.24) is 29.9 Å². The smallest absolute Gasteiger partial charge is 0.222 e. The molecule has 0 saturated carbocycles. The Morgan fingerprint density at radius 2 is 1.94 bits per heavy atom. The van der Waals surface area contributed by atoms with Gasteiger partial charge in [0.1, 0.15) is 11.3 Å². The van der Waals surface area contributed by atoms with Crippen LogP contribution in [0.15, 0.2) is 42.5 Å². The molecular weight excluding hydrogens is 408 g/mol. The van der Waals surface area contributed by atoms with Crippen molar-refractivity contribution in [2.24, 2.45) is 0 Å². The zero-order valence-corrected chi connectivity index (χ0v) is 17.1. The Labute approximate surface area is 183 Å². The van der Waals surface area contributed by atoms with Gasteiger partial charge in [-0.25, -0.2) is 9.67 Å². The summed E-state index contributed by atoms with van der Waals surface area (Å²) in [6.45, 7) is 1.30. The fraction of sp³-hybridized carbons (Fsp3) is 0.273. The first-order chi connectivity index (χ1) is 15.6. The van der Waals surface area contributed by atoms with Crippen molar-refractivity contribution in [1.29, 1.82) is 5.26 Å². The first-order valence-corrected chi connectivity index (χ1v) is 10.2. The summed E-state index contributed by atoms with van der Waals surface area (Å²) in [5.41, 5.74) is 8.97. The fourth-order valence-electron chi connectivity index (χ4n) is 3.86. The quantitative estimate of drug-likeness (QED) is 0.496. The van der Waals surface area contributed by atoms with E-state index < -0.39 is 5.60 Å². The number of hydrogen-bond donors (Lipinski definition) is 2. The van der Waals surface area contributed by atoms with E-state index in [0.29, 0.717) is 72.0 Å². The number of aromatic nitrogens is 6. The van der Waals surface area contributed by atoms with Crippen LogP contribution in [0.5, 0.6) is 0 Å². The van der Waals surface area contributed by atoms with Crippen LogP contribution in [0.3, 0.4) is 0 Å². The van der Waals surface area contributed by atoms with Gasteiger partial charge in [0.15, 0.2) is 11.2 Å². The number of nitriles is 1. The van der Waals surface area contributed by atoms with Gasteiger partial charge in [0, 0.05) is 31.6 Å².